The average Bonchev–Trinajstić information content (AvgIpc) is 2.37. The molecule has 0 bridgehead atoms. The van der Waals surface area contributed by atoms with Crippen molar-refractivity contribution in [1.29, 1.82) is 0 Å². The summed E-state index contributed by atoms with van der Waals surface area (Å²) in [6.45, 7) is 1.43. The third-order valence-corrected chi connectivity index (χ3v) is 2.58. The van der Waals surface area contributed by atoms with Gasteiger partial charge in [0.25, 0.3) is 0 Å². The minimum Gasteiger partial charge on any atom is -0.349 e. The molecule has 0 saturated heterocycles. The van der Waals surface area contributed by atoms with Gasteiger partial charge in [0.2, 0.25) is 11.8 Å². The van der Waals surface area contributed by atoms with E-state index in [0.717, 1.165) is 10.6 Å². The Balaban J connectivity index is 2.80. The molecule has 5 nitrogen and oxygen atoms in total. The quantitative estimate of drug-likeness (QED) is 0.801. The van der Waals surface area contributed by atoms with E-state index in [4.69, 9.17) is 4.84 Å². The molecule has 0 unspecified atom stereocenters. The van der Waals surface area contributed by atoms with Crippen molar-refractivity contribution in [3.63, 3.8) is 0 Å². The number of hydroxylamine groups is 2. The molecule has 0 aliphatic carbocycles. The zero-order valence-electron chi connectivity index (χ0n) is 10.8. The first-order chi connectivity index (χ1) is 8.54. The lowest BCUT2D eigenvalue weighted by Crippen LogP contribution is -2.33. The van der Waals surface area contributed by atoms with Gasteiger partial charge in [0.05, 0.1) is 19.6 Å². The van der Waals surface area contributed by atoms with Crippen molar-refractivity contribution in [2.45, 2.75) is 19.4 Å². The molecule has 1 aromatic carbocycles. The molecular weight excluding hydrogens is 232 g/mol. The number of carbonyl (C=O) groups excluding carboxylic acids is 2. The molecule has 1 N–H and O–H groups in total. The summed E-state index contributed by atoms with van der Waals surface area (Å²) in [5.74, 6) is -0.364. The predicted molar refractivity (Wildman–Crippen MR) is 67.4 cm³/mol. The molecule has 0 aliphatic rings. The van der Waals surface area contributed by atoms with E-state index >= 15 is 0 Å². The molecule has 0 heterocycles. The lowest BCUT2D eigenvalue weighted by Gasteiger charge is -2.20. The number of nitrogens with one attached hydrogen (secondary N) is 1. The number of carbonyl (C=O) groups is 2. The molecule has 0 fully saturated rings. The largest absolute Gasteiger partial charge is 0.349 e. The number of benzene rings is 1. The van der Waals surface area contributed by atoms with Crippen molar-refractivity contribution >= 4 is 11.8 Å². The molecule has 5 heteroatoms. The third-order valence-electron chi connectivity index (χ3n) is 2.58. The van der Waals surface area contributed by atoms with Crippen molar-refractivity contribution in [3.05, 3.63) is 35.9 Å². The van der Waals surface area contributed by atoms with E-state index in [-0.39, 0.29) is 24.3 Å². The minimum atomic E-state index is -0.339. The van der Waals surface area contributed by atoms with Crippen LogP contribution in [0.2, 0.25) is 0 Å². The fraction of sp³-hybridized carbons (Fsp3) is 0.385. The Kier molecular flexibility index (Phi) is 5.32. The molecule has 0 radical (unpaired) electrons. The number of hydrogen-bond acceptors (Lipinski definition) is 3. The van der Waals surface area contributed by atoms with Crippen molar-refractivity contribution in [3.8, 4) is 0 Å². The summed E-state index contributed by atoms with van der Waals surface area (Å²) in [5.41, 5.74) is 0.894. The van der Waals surface area contributed by atoms with Crippen LogP contribution in [0, 0.1) is 0 Å². The molecule has 0 spiro atoms. The van der Waals surface area contributed by atoms with E-state index < -0.39 is 0 Å². The Hall–Kier alpha value is -1.88. The second kappa shape index (κ2) is 6.76. The van der Waals surface area contributed by atoms with Crippen molar-refractivity contribution in [1.82, 2.24) is 10.4 Å². The highest BCUT2D eigenvalue weighted by Gasteiger charge is 2.19. The Morgan fingerprint density at radius 1 is 1.33 bits per heavy atom. The van der Waals surface area contributed by atoms with Crippen molar-refractivity contribution in [2.75, 3.05) is 14.2 Å². The van der Waals surface area contributed by atoms with E-state index in [0.29, 0.717) is 0 Å². The Bertz CT molecular complexity index is 406. The van der Waals surface area contributed by atoms with Gasteiger partial charge in [-0.15, -0.1) is 0 Å². The van der Waals surface area contributed by atoms with E-state index in [1.54, 1.807) is 0 Å². The Labute approximate surface area is 107 Å². The second-order valence-corrected chi connectivity index (χ2v) is 3.94. The molecular formula is C13H18N2O3. The zero-order valence-corrected chi connectivity index (χ0v) is 10.8. The van der Waals surface area contributed by atoms with Gasteiger partial charge < -0.3 is 5.32 Å². The number of nitrogens with zero attached hydrogens (tertiary/aromatic N) is 1. The molecule has 2 amide bonds. The first-order valence-electron chi connectivity index (χ1n) is 5.67. The van der Waals surface area contributed by atoms with Gasteiger partial charge in [-0.1, -0.05) is 30.3 Å². The van der Waals surface area contributed by atoms with E-state index in [1.807, 2.05) is 30.3 Å². The normalized spacial score (nSPS) is 11.7. The zero-order chi connectivity index (χ0) is 13.5. The molecule has 98 valence electrons. The molecule has 0 saturated carbocycles. The summed E-state index contributed by atoms with van der Waals surface area (Å²) >= 11 is 0. The number of rotatable bonds is 5. The first kappa shape index (κ1) is 14.2. The van der Waals surface area contributed by atoms with Gasteiger partial charge in [0, 0.05) is 14.0 Å². The van der Waals surface area contributed by atoms with Gasteiger partial charge in [-0.3, -0.25) is 14.4 Å². The summed E-state index contributed by atoms with van der Waals surface area (Å²) in [6.07, 6.45) is 0.161. The van der Waals surface area contributed by atoms with Gasteiger partial charge in [-0.2, -0.15) is 0 Å². The van der Waals surface area contributed by atoms with E-state index in [1.165, 1.54) is 21.1 Å². The smallest absolute Gasteiger partial charge is 0.248 e. The van der Waals surface area contributed by atoms with Crippen LogP contribution in [0.25, 0.3) is 0 Å². The lowest BCUT2D eigenvalue weighted by atomic mass is 10.0. The van der Waals surface area contributed by atoms with Gasteiger partial charge in [0.15, 0.2) is 0 Å². The van der Waals surface area contributed by atoms with Crippen LogP contribution in [0.4, 0.5) is 0 Å². The van der Waals surface area contributed by atoms with Crippen LogP contribution in [0.1, 0.15) is 24.9 Å². The molecule has 0 aromatic heterocycles. The Morgan fingerprint density at radius 3 is 2.44 bits per heavy atom. The summed E-state index contributed by atoms with van der Waals surface area (Å²) in [6, 6.07) is 9.04. The standard InChI is InChI=1S/C13H18N2O3/c1-10(16)14-12(9-13(17)15(2)18-3)11-7-5-4-6-8-11/h4-8,12H,9H2,1-3H3,(H,14,16)/t12-/m1/s1. The fourth-order valence-electron chi connectivity index (χ4n) is 1.59. The monoisotopic (exact) mass is 250 g/mol. The van der Waals surface area contributed by atoms with Gasteiger partial charge in [-0.05, 0) is 5.56 Å². The highest BCUT2D eigenvalue weighted by Crippen LogP contribution is 2.17. The van der Waals surface area contributed by atoms with Crippen LogP contribution < -0.4 is 5.32 Å². The number of hydrogen-bond donors (Lipinski definition) is 1. The third kappa shape index (κ3) is 4.18. The van der Waals surface area contributed by atoms with Crippen LogP contribution in [0.5, 0.6) is 0 Å². The lowest BCUT2D eigenvalue weighted by molar-refractivity contribution is -0.169. The van der Waals surface area contributed by atoms with Gasteiger partial charge in [-0.25, -0.2) is 5.06 Å². The summed E-state index contributed by atoms with van der Waals surface area (Å²) in [5, 5.41) is 3.91. The first-order valence-corrected chi connectivity index (χ1v) is 5.67. The summed E-state index contributed by atoms with van der Waals surface area (Å²) in [4.78, 5) is 27.8. The number of amides is 2. The average molecular weight is 250 g/mol. The Morgan fingerprint density at radius 2 is 1.94 bits per heavy atom. The predicted octanol–water partition coefficient (Wildman–Crippen LogP) is 1.27. The molecule has 1 aromatic rings. The second-order valence-electron chi connectivity index (χ2n) is 3.94. The van der Waals surface area contributed by atoms with Crippen LogP contribution in [0.15, 0.2) is 30.3 Å². The van der Waals surface area contributed by atoms with Crippen LogP contribution in [-0.4, -0.2) is 31.0 Å². The maximum atomic E-state index is 11.8. The molecule has 18 heavy (non-hydrogen) atoms. The highest BCUT2D eigenvalue weighted by molar-refractivity contribution is 5.78. The van der Waals surface area contributed by atoms with Crippen LogP contribution >= 0.6 is 0 Å². The maximum absolute atomic E-state index is 11.8. The van der Waals surface area contributed by atoms with Gasteiger partial charge >= 0.3 is 0 Å². The maximum Gasteiger partial charge on any atom is 0.248 e. The topological polar surface area (TPSA) is 58.6 Å². The fourth-order valence-corrected chi connectivity index (χ4v) is 1.59. The highest BCUT2D eigenvalue weighted by atomic mass is 16.7. The summed E-state index contributed by atoms with van der Waals surface area (Å²) in [7, 11) is 2.96. The van der Waals surface area contributed by atoms with Crippen LogP contribution in [-0.2, 0) is 14.4 Å². The van der Waals surface area contributed by atoms with E-state index in [9.17, 15) is 9.59 Å². The van der Waals surface area contributed by atoms with Crippen molar-refractivity contribution < 1.29 is 14.4 Å². The SMILES string of the molecule is CON(C)C(=O)C[C@@H](NC(C)=O)c1ccccc1. The minimum absolute atomic E-state index is 0.161. The van der Waals surface area contributed by atoms with E-state index in [2.05, 4.69) is 5.32 Å². The summed E-state index contributed by atoms with van der Waals surface area (Å²) < 4.78 is 0. The van der Waals surface area contributed by atoms with Crippen molar-refractivity contribution in [2.24, 2.45) is 0 Å². The molecule has 0 aliphatic heterocycles. The van der Waals surface area contributed by atoms with Crippen LogP contribution in [0.3, 0.4) is 0 Å². The molecule has 1 rings (SSSR count). The molecule has 1 atom stereocenters. The van der Waals surface area contributed by atoms with Gasteiger partial charge in [0.1, 0.15) is 0 Å².